The van der Waals surface area contributed by atoms with Crippen molar-refractivity contribution in [3.63, 3.8) is 0 Å². The third-order valence-electron chi connectivity index (χ3n) is 1.78. The van der Waals surface area contributed by atoms with Gasteiger partial charge < -0.3 is 9.84 Å². The van der Waals surface area contributed by atoms with E-state index >= 15 is 0 Å². The van der Waals surface area contributed by atoms with Crippen LogP contribution in [0, 0.1) is 0 Å². The number of carboxylic acids is 1. The molecule has 1 heterocycles. The molecule has 8 heteroatoms. The molecule has 0 unspecified atom stereocenters. The van der Waals surface area contributed by atoms with Gasteiger partial charge in [-0.15, -0.1) is 0 Å². The first-order valence-electron chi connectivity index (χ1n) is 4.25. The minimum atomic E-state index is -4.32. The van der Waals surface area contributed by atoms with Gasteiger partial charge >= 0.3 is 12.1 Å². The predicted molar refractivity (Wildman–Crippen MR) is 46.4 cm³/mol. The van der Waals surface area contributed by atoms with E-state index in [0.29, 0.717) is 0 Å². The van der Waals surface area contributed by atoms with Crippen molar-refractivity contribution >= 4 is 5.97 Å². The van der Waals surface area contributed by atoms with Gasteiger partial charge in [-0.2, -0.15) is 18.3 Å². The number of carbonyl (C=O) groups is 1. The second-order valence-corrected chi connectivity index (χ2v) is 2.97. The molecule has 0 aliphatic rings. The normalized spacial score (nSPS) is 11.5. The molecule has 0 spiro atoms. The lowest BCUT2D eigenvalue weighted by Gasteiger charge is -2.08. The molecule has 0 bridgehead atoms. The van der Waals surface area contributed by atoms with Crippen LogP contribution in [0.25, 0.3) is 0 Å². The van der Waals surface area contributed by atoms with Crippen LogP contribution in [0.5, 0.6) is 5.88 Å². The number of halogens is 3. The highest BCUT2D eigenvalue weighted by Gasteiger charge is 2.27. The van der Waals surface area contributed by atoms with Crippen molar-refractivity contribution in [1.82, 2.24) is 9.78 Å². The molecule has 1 N–H and O–H groups in total. The molecule has 0 fully saturated rings. The number of nitrogens with zero attached hydrogens (tertiary/aromatic N) is 2. The third-order valence-corrected chi connectivity index (χ3v) is 1.78. The molecule has 0 atom stereocenters. The molecule has 1 aromatic heterocycles. The zero-order chi connectivity index (χ0) is 12.3. The minimum absolute atomic E-state index is 0.0124. The largest absolute Gasteiger partial charge is 0.481 e. The van der Waals surface area contributed by atoms with Gasteiger partial charge in [0.1, 0.15) is 0 Å². The minimum Gasteiger partial charge on any atom is -0.481 e. The highest BCUT2D eigenvalue weighted by molar-refractivity contribution is 5.85. The maximum absolute atomic E-state index is 11.9. The average Bonchev–Trinajstić information content (AvgIpc) is 2.56. The Morgan fingerprint density at radius 3 is 2.69 bits per heavy atom. The Morgan fingerprint density at radius 2 is 2.25 bits per heavy atom. The van der Waals surface area contributed by atoms with Crippen molar-refractivity contribution in [2.24, 2.45) is 0 Å². The third kappa shape index (κ3) is 3.14. The highest BCUT2D eigenvalue weighted by atomic mass is 19.4. The summed E-state index contributed by atoms with van der Waals surface area (Å²) in [5.74, 6) is -1.33. The van der Waals surface area contributed by atoms with E-state index < -0.39 is 25.1 Å². The number of alkyl halides is 3. The molecular formula is C8H9F3N2O3. The molecule has 0 radical (unpaired) electrons. The molecule has 16 heavy (non-hydrogen) atoms. The van der Waals surface area contributed by atoms with Gasteiger partial charge in [-0.25, -0.2) is 9.48 Å². The van der Waals surface area contributed by atoms with Gasteiger partial charge in [0.05, 0.1) is 20.1 Å². The first kappa shape index (κ1) is 12.3. The molecule has 0 aliphatic heterocycles. The summed E-state index contributed by atoms with van der Waals surface area (Å²) in [6.45, 7) is -0.472. The van der Waals surface area contributed by atoms with E-state index in [4.69, 9.17) is 9.84 Å². The summed E-state index contributed by atoms with van der Waals surface area (Å²) >= 11 is 0. The fourth-order valence-electron chi connectivity index (χ4n) is 1.06. The second-order valence-electron chi connectivity index (χ2n) is 2.97. The van der Waals surface area contributed by atoms with Gasteiger partial charge in [0.2, 0.25) is 5.88 Å². The van der Waals surface area contributed by atoms with Crippen molar-refractivity contribution in [2.75, 3.05) is 7.11 Å². The molecule has 0 aliphatic carbocycles. The number of methoxy groups -OCH3 is 1. The number of hydrogen-bond acceptors (Lipinski definition) is 3. The maximum Gasteiger partial charge on any atom is 0.390 e. The van der Waals surface area contributed by atoms with Gasteiger partial charge in [-0.1, -0.05) is 0 Å². The maximum atomic E-state index is 11.9. The van der Waals surface area contributed by atoms with Gasteiger partial charge in [0.15, 0.2) is 5.69 Å². The summed E-state index contributed by atoms with van der Waals surface area (Å²) in [6.07, 6.45) is -5.41. The standard InChI is InChI=1S/C8H9F3N2O3/c1-16-6-4-5(7(14)15)12-13(6)3-2-8(9,10)11/h4H,2-3H2,1H3,(H,14,15). The topological polar surface area (TPSA) is 64.3 Å². The predicted octanol–water partition coefficient (Wildman–Crippen LogP) is 1.54. The molecule has 90 valence electrons. The molecule has 0 aromatic carbocycles. The molecule has 1 rings (SSSR count). The zero-order valence-corrected chi connectivity index (χ0v) is 8.28. The van der Waals surface area contributed by atoms with Crippen LogP contribution in [0.4, 0.5) is 13.2 Å². The summed E-state index contributed by atoms with van der Waals surface area (Å²) in [4.78, 5) is 10.5. The fraction of sp³-hybridized carbons (Fsp3) is 0.500. The smallest absolute Gasteiger partial charge is 0.390 e. The molecular weight excluding hydrogens is 229 g/mol. The van der Waals surface area contributed by atoms with E-state index in [2.05, 4.69) is 5.10 Å². The van der Waals surface area contributed by atoms with Crippen LogP contribution in [-0.2, 0) is 6.54 Å². The van der Waals surface area contributed by atoms with E-state index in [1.54, 1.807) is 0 Å². The van der Waals surface area contributed by atoms with Gasteiger partial charge in [0, 0.05) is 6.07 Å². The molecule has 5 nitrogen and oxygen atoms in total. The lowest BCUT2D eigenvalue weighted by molar-refractivity contribution is -0.137. The van der Waals surface area contributed by atoms with E-state index in [9.17, 15) is 18.0 Å². The quantitative estimate of drug-likeness (QED) is 0.864. The number of carboxylic acid groups (broad SMARTS) is 1. The van der Waals surface area contributed by atoms with E-state index in [1.165, 1.54) is 7.11 Å². The number of ether oxygens (including phenoxy) is 1. The van der Waals surface area contributed by atoms with Crippen LogP contribution in [0.1, 0.15) is 16.9 Å². The summed E-state index contributed by atoms with van der Waals surface area (Å²) in [6, 6.07) is 1.07. The van der Waals surface area contributed by atoms with Crippen LogP contribution in [0.2, 0.25) is 0 Å². The molecule has 0 saturated carbocycles. The van der Waals surface area contributed by atoms with Crippen LogP contribution in [0.3, 0.4) is 0 Å². The SMILES string of the molecule is COc1cc(C(=O)O)nn1CCC(F)(F)F. The zero-order valence-electron chi connectivity index (χ0n) is 8.28. The van der Waals surface area contributed by atoms with E-state index in [0.717, 1.165) is 10.7 Å². The second kappa shape index (κ2) is 4.42. The summed E-state index contributed by atoms with van der Waals surface area (Å²) in [7, 11) is 1.23. The lowest BCUT2D eigenvalue weighted by atomic mass is 10.4. The molecule has 0 amide bonds. The van der Waals surface area contributed by atoms with Crippen molar-refractivity contribution in [3.05, 3.63) is 11.8 Å². The Morgan fingerprint density at radius 1 is 1.62 bits per heavy atom. The van der Waals surface area contributed by atoms with Crippen molar-refractivity contribution in [1.29, 1.82) is 0 Å². The first-order valence-corrected chi connectivity index (χ1v) is 4.25. The van der Waals surface area contributed by atoms with Crippen LogP contribution < -0.4 is 4.74 Å². The van der Waals surface area contributed by atoms with Crippen molar-refractivity contribution < 1.29 is 27.8 Å². The first-order chi connectivity index (χ1) is 7.33. The Balaban J connectivity index is 2.82. The summed E-state index contributed by atoms with van der Waals surface area (Å²) in [5.41, 5.74) is -0.348. The van der Waals surface area contributed by atoms with Crippen molar-refractivity contribution in [3.8, 4) is 5.88 Å². The van der Waals surface area contributed by atoms with Gasteiger partial charge in [-0.05, 0) is 0 Å². The monoisotopic (exact) mass is 238 g/mol. The number of aryl methyl sites for hydroxylation is 1. The van der Waals surface area contributed by atoms with Crippen LogP contribution >= 0.6 is 0 Å². The molecule has 0 saturated heterocycles. The Bertz CT molecular complexity index is 386. The molecule has 1 aromatic rings. The van der Waals surface area contributed by atoms with E-state index in [-0.39, 0.29) is 11.6 Å². The summed E-state index contributed by atoms with van der Waals surface area (Å²) < 4.78 is 41.4. The highest BCUT2D eigenvalue weighted by Crippen LogP contribution is 2.22. The van der Waals surface area contributed by atoms with E-state index in [1.807, 2.05) is 0 Å². The van der Waals surface area contributed by atoms with Gasteiger partial charge in [-0.3, -0.25) is 0 Å². The van der Waals surface area contributed by atoms with Crippen LogP contribution in [0.15, 0.2) is 6.07 Å². The van der Waals surface area contributed by atoms with Crippen molar-refractivity contribution in [2.45, 2.75) is 19.1 Å². The van der Waals surface area contributed by atoms with Crippen LogP contribution in [-0.4, -0.2) is 34.1 Å². The summed E-state index contributed by atoms with van der Waals surface area (Å²) in [5, 5.41) is 12.1. The lowest BCUT2D eigenvalue weighted by Crippen LogP contribution is -2.14. The Labute approximate surface area is 88.4 Å². The fourth-order valence-corrected chi connectivity index (χ4v) is 1.06. The number of aromatic nitrogens is 2. The Kier molecular flexibility index (Phi) is 3.41. The van der Waals surface area contributed by atoms with Gasteiger partial charge in [0.25, 0.3) is 0 Å². The Hall–Kier alpha value is -1.73. The average molecular weight is 238 g/mol. The number of rotatable bonds is 4. The number of aromatic carboxylic acids is 1. The number of hydrogen-bond donors (Lipinski definition) is 1.